The molecular formula is C32H28N2O2. The van der Waals surface area contributed by atoms with Crippen LogP contribution in [0.25, 0.3) is 44.3 Å². The summed E-state index contributed by atoms with van der Waals surface area (Å²) in [6.45, 7) is 1.38. The molecule has 0 aliphatic carbocycles. The van der Waals surface area contributed by atoms with E-state index < -0.39 is 0 Å². The van der Waals surface area contributed by atoms with Crippen molar-refractivity contribution in [3.8, 4) is 34.0 Å². The van der Waals surface area contributed by atoms with Crippen molar-refractivity contribution in [2.24, 2.45) is 0 Å². The maximum atomic E-state index is 6.04. The Morgan fingerprint density at radius 3 is 1.50 bits per heavy atom. The third kappa shape index (κ3) is 4.80. The van der Waals surface area contributed by atoms with Crippen LogP contribution >= 0.6 is 0 Å². The summed E-state index contributed by atoms with van der Waals surface area (Å²) in [6, 6.07) is 29.0. The molecule has 2 aromatic heterocycles. The standard InChI is InChI=1S/C32H28N2O2/c1-2-4-6-20-36-28-12-8-10-26(22-28)30-18-16-24-14-13-23-15-17-29(33-31(23)32(24)34-30)25-9-7-11-27(21-25)35-19-5-3-1/h1-2,7-18,21-22H,3-6,19-20H2/b2-1+. The predicted molar refractivity (Wildman–Crippen MR) is 147 cm³/mol. The van der Waals surface area contributed by atoms with Crippen molar-refractivity contribution >= 4 is 21.8 Å². The Bertz CT molecular complexity index is 1440. The van der Waals surface area contributed by atoms with Crippen LogP contribution in [-0.4, -0.2) is 23.2 Å². The number of allylic oxidation sites excluding steroid dienone is 2. The van der Waals surface area contributed by atoms with Crippen molar-refractivity contribution in [3.05, 3.63) is 97.1 Å². The van der Waals surface area contributed by atoms with E-state index >= 15 is 0 Å². The van der Waals surface area contributed by atoms with Crippen LogP contribution in [-0.2, 0) is 0 Å². The van der Waals surface area contributed by atoms with E-state index in [4.69, 9.17) is 19.4 Å². The van der Waals surface area contributed by atoms with E-state index in [0.29, 0.717) is 13.2 Å². The Labute approximate surface area is 211 Å². The van der Waals surface area contributed by atoms with Crippen LogP contribution in [0.1, 0.15) is 25.7 Å². The number of hydrogen-bond acceptors (Lipinski definition) is 4. The summed E-state index contributed by atoms with van der Waals surface area (Å²) in [4.78, 5) is 10.1. The van der Waals surface area contributed by atoms with Gasteiger partial charge in [-0.1, -0.05) is 60.7 Å². The van der Waals surface area contributed by atoms with Gasteiger partial charge in [0.2, 0.25) is 0 Å². The van der Waals surface area contributed by atoms with Gasteiger partial charge in [0.05, 0.1) is 35.6 Å². The summed E-state index contributed by atoms with van der Waals surface area (Å²) < 4.78 is 12.1. The zero-order valence-electron chi connectivity index (χ0n) is 20.2. The topological polar surface area (TPSA) is 44.2 Å². The molecule has 0 saturated heterocycles. The van der Waals surface area contributed by atoms with Crippen molar-refractivity contribution in [1.82, 2.24) is 9.97 Å². The molecule has 0 fully saturated rings. The van der Waals surface area contributed by atoms with Gasteiger partial charge in [-0.15, -0.1) is 0 Å². The van der Waals surface area contributed by atoms with Crippen molar-refractivity contribution in [2.75, 3.05) is 13.2 Å². The average molecular weight is 473 g/mol. The van der Waals surface area contributed by atoms with Crippen LogP contribution in [0.15, 0.2) is 97.1 Å². The lowest BCUT2D eigenvalue weighted by Crippen LogP contribution is -1.98. The number of fused-ring (bicyclic) bond motifs is 8. The van der Waals surface area contributed by atoms with E-state index in [1.165, 1.54) is 0 Å². The van der Waals surface area contributed by atoms with Gasteiger partial charge in [-0.2, -0.15) is 0 Å². The Hall–Kier alpha value is -4.18. The zero-order valence-corrected chi connectivity index (χ0v) is 20.2. The third-order valence-electron chi connectivity index (χ3n) is 6.51. The highest BCUT2D eigenvalue weighted by Gasteiger charge is 2.10. The molecule has 1 aliphatic heterocycles. The number of ether oxygens (including phenoxy) is 2. The molecule has 0 N–H and O–H groups in total. The molecular weight excluding hydrogens is 444 g/mol. The Morgan fingerprint density at radius 1 is 0.528 bits per heavy atom. The molecule has 5 aromatic rings. The molecule has 4 nitrogen and oxygen atoms in total. The lowest BCUT2D eigenvalue weighted by molar-refractivity contribution is 0.310. The van der Waals surface area contributed by atoms with Gasteiger partial charge < -0.3 is 9.47 Å². The fourth-order valence-corrected chi connectivity index (χ4v) is 4.60. The summed E-state index contributed by atoms with van der Waals surface area (Å²) in [7, 11) is 0. The first kappa shape index (κ1) is 22.3. The fraction of sp³-hybridized carbons (Fsp3) is 0.188. The molecule has 3 heterocycles. The number of pyridine rings is 2. The van der Waals surface area contributed by atoms with Crippen LogP contribution in [0, 0.1) is 0 Å². The van der Waals surface area contributed by atoms with E-state index in [-0.39, 0.29) is 0 Å². The predicted octanol–water partition coefficient (Wildman–Crippen LogP) is 8.00. The van der Waals surface area contributed by atoms with Crippen LogP contribution in [0.5, 0.6) is 11.5 Å². The normalized spacial score (nSPS) is 15.2. The van der Waals surface area contributed by atoms with Crippen LogP contribution in [0.3, 0.4) is 0 Å². The molecule has 0 unspecified atom stereocenters. The zero-order chi connectivity index (χ0) is 24.2. The number of aromatic nitrogens is 2. The second-order valence-corrected chi connectivity index (χ2v) is 9.11. The molecule has 8 bridgehead atoms. The Kier molecular flexibility index (Phi) is 6.32. The molecule has 1 aliphatic rings. The summed E-state index contributed by atoms with van der Waals surface area (Å²) in [5.41, 5.74) is 5.70. The smallest absolute Gasteiger partial charge is 0.119 e. The van der Waals surface area contributed by atoms with Crippen LogP contribution in [0.2, 0.25) is 0 Å². The second-order valence-electron chi connectivity index (χ2n) is 9.11. The molecule has 0 radical (unpaired) electrons. The molecule has 4 heteroatoms. The number of rotatable bonds is 0. The quantitative estimate of drug-likeness (QED) is 0.169. The maximum Gasteiger partial charge on any atom is 0.119 e. The van der Waals surface area contributed by atoms with Crippen molar-refractivity contribution in [3.63, 3.8) is 0 Å². The first-order valence-corrected chi connectivity index (χ1v) is 12.7. The molecule has 178 valence electrons. The van der Waals surface area contributed by atoms with E-state index in [9.17, 15) is 0 Å². The maximum absolute atomic E-state index is 6.04. The highest BCUT2D eigenvalue weighted by atomic mass is 16.5. The summed E-state index contributed by atoms with van der Waals surface area (Å²) in [6.07, 6.45) is 8.47. The van der Waals surface area contributed by atoms with Gasteiger partial charge in [0.15, 0.2) is 0 Å². The number of benzene rings is 3. The SMILES string of the molecule is C1=C/CCCOc2cccc(c2)-c2ccc3ccc4ccc(nc4c3n2)-c2cccc(c2)OCCC/1. The molecule has 3 aromatic carbocycles. The van der Waals surface area contributed by atoms with Crippen molar-refractivity contribution in [2.45, 2.75) is 25.7 Å². The Morgan fingerprint density at radius 2 is 1.00 bits per heavy atom. The van der Waals surface area contributed by atoms with Gasteiger partial charge in [0.25, 0.3) is 0 Å². The summed E-state index contributed by atoms with van der Waals surface area (Å²) in [5.74, 6) is 1.74. The first-order chi connectivity index (χ1) is 17.8. The highest BCUT2D eigenvalue weighted by Crippen LogP contribution is 2.30. The minimum atomic E-state index is 0.690. The summed E-state index contributed by atoms with van der Waals surface area (Å²) >= 11 is 0. The average Bonchev–Trinajstić information content (AvgIpc) is 2.93. The highest BCUT2D eigenvalue weighted by molar-refractivity contribution is 6.04. The molecule has 36 heavy (non-hydrogen) atoms. The van der Waals surface area contributed by atoms with E-state index in [1.807, 2.05) is 24.3 Å². The lowest BCUT2D eigenvalue weighted by Gasteiger charge is -2.11. The third-order valence-corrected chi connectivity index (χ3v) is 6.51. The van der Waals surface area contributed by atoms with Gasteiger partial charge in [0, 0.05) is 21.9 Å². The summed E-state index contributed by atoms with van der Waals surface area (Å²) in [5, 5.41) is 2.14. The fourth-order valence-electron chi connectivity index (χ4n) is 4.60. The monoisotopic (exact) mass is 472 g/mol. The molecule has 6 rings (SSSR count). The van der Waals surface area contributed by atoms with Crippen LogP contribution < -0.4 is 9.47 Å². The van der Waals surface area contributed by atoms with Gasteiger partial charge in [-0.25, -0.2) is 9.97 Å². The van der Waals surface area contributed by atoms with Gasteiger partial charge in [-0.3, -0.25) is 0 Å². The van der Waals surface area contributed by atoms with Crippen molar-refractivity contribution < 1.29 is 9.47 Å². The van der Waals surface area contributed by atoms with E-state index in [2.05, 4.69) is 72.8 Å². The Balaban J connectivity index is 1.46. The van der Waals surface area contributed by atoms with Gasteiger partial charge in [0.1, 0.15) is 11.5 Å². The lowest BCUT2D eigenvalue weighted by atomic mass is 10.1. The van der Waals surface area contributed by atoms with Gasteiger partial charge >= 0.3 is 0 Å². The van der Waals surface area contributed by atoms with Crippen LogP contribution in [0.4, 0.5) is 0 Å². The minimum absolute atomic E-state index is 0.690. The number of nitrogens with zero attached hydrogens (tertiary/aromatic N) is 2. The largest absolute Gasteiger partial charge is 0.494 e. The number of hydrogen-bond donors (Lipinski definition) is 0. The van der Waals surface area contributed by atoms with Gasteiger partial charge in [-0.05, 0) is 62.1 Å². The van der Waals surface area contributed by atoms with E-state index in [0.717, 1.165) is 81.5 Å². The molecule has 0 amide bonds. The van der Waals surface area contributed by atoms with E-state index in [1.54, 1.807) is 0 Å². The molecule has 0 saturated carbocycles. The minimum Gasteiger partial charge on any atom is -0.494 e. The molecule has 0 spiro atoms. The second kappa shape index (κ2) is 10.2. The van der Waals surface area contributed by atoms with Crippen molar-refractivity contribution in [1.29, 1.82) is 0 Å². The molecule has 0 atom stereocenters. The first-order valence-electron chi connectivity index (χ1n) is 12.7.